The fourth-order valence-corrected chi connectivity index (χ4v) is 3.53. The lowest BCUT2D eigenvalue weighted by molar-refractivity contribution is 0.629. The molecule has 12 heteroatoms. The van der Waals surface area contributed by atoms with Crippen LogP contribution in [0.2, 0.25) is 0 Å². The van der Waals surface area contributed by atoms with Crippen LogP contribution in [0.15, 0.2) is 46.6 Å². The topological polar surface area (TPSA) is 114 Å². The standard InChI is InChI=1S/C15H16N10OS/c1-11-13(14(26)25(22(11)2)12-6-4-3-5-7-12)24-15(17-19-21-24)27-9-8-23-10-16-18-20-23/h3-7,10H,8-9H2,1-2H3. The van der Waals surface area contributed by atoms with Gasteiger partial charge in [0.25, 0.3) is 5.56 Å². The summed E-state index contributed by atoms with van der Waals surface area (Å²) in [5.41, 5.74) is 1.78. The van der Waals surface area contributed by atoms with E-state index in [9.17, 15) is 4.79 Å². The Hall–Kier alpha value is -3.28. The van der Waals surface area contributed by atoms with E-state index in [4.69, 9.17) is 0 Å². The molecule has 11 nitrogen and oxygen atoms in total. The maximum Gasteiger partial charge on any atom is 0.297 e. The number of para-hydroxylation sites is 1. The summed E-state index contributed by atoms with van der Waals surface area (Å²) in [6.07, 6.45) is 1.55. The van der Waals surface area contributed by atoms with Gasteiger partial charge >= 0.3 is 0 Å². The van der Waals surface area contributed by atoms with Gasteiger partial charge in [-0.25, -0.2) is 9.36 Å². The first kappa shape index (κ1) is 17.1. The second-order valence-electron chi connectivity index (χ2n) is 5.70. The van der Waals surface area contributed by atoms with Crippen LogP contribution in [0.5, 0.6) is 0 Å². The molecule has 0 spiro atoms. The quantitative estimate of drug-likeness (QED) is 0.434. The Morgan fingerprint density at radius 3 is 2.67 bits per heavy atom. The Kier molecular flexibility index (Phi) is 4.54. The highest BCUT2D eigenvalue weighted by molar-refractivity contribution is 7.99. The summed E-state index contributed by atoms with van der Waals surface area (Å²) in [6.45, 7) is 2.47. The van der Waals surface area contributed by atoms with Gasteiger partial charge in [-0.1, -0.05) is 30.0 Å². The van der Waals surface area contributed by atoms with E-state index in [1.807, 2.05) is 44.3 Å². The van der Waals surface area contributed by atoms with Crippen molar-refractivity contribution >= 4 is 11.8 Å². The van der Waals surface area contributed by atoms with Gasteiger partial charge in [0.2, 0.25) is 5.16 Å². The minimum Gasteiger partial charge on any atom is -0.283 e. The van der Waals surface area contributed by atoms with E-state index in [1.54, 1.807) is 20.4 Å². The molecule has 27 heavy (non-hydrogen) atoms. The van der Waals surface area contributed by atoms with Crippen molar-refractivity contribution in [2.45, 2.75) is 18.6 Å². The Morgan fingerprint density at radius 1 is 1.11 bits per heavy atom. The molecular formula is C15H16N10OS. The summed E-state index contributed by atoms with van der Waals surface area (Å²) in [5.74, 6) is 0.657. The van der Waals surface area contributed by atoms with Gasteiger partial charge in [-0.05, 0) is 39.9 Å². The summed E-state index contributed by atoms with van der Waals surface area (Å²) in [7, 11) is 1.84. The number of tetrazole rings is 2. The smallest absolute Gasteiger partial charge is 0.283 e. The molecular weight excluding hydrogens is 368 g/mol. The molecule has 4 rings (SSSR count). The Bertz CT molecular complexity index is 1100. The van der Waals surface area contributed by atoms with Crippen LogP contribution in [0.4, 0.5) is 0 Å². The van der Waals surface area contributed by atoms with Crippen molar-refractivity contribution in [2.24, 2.45) is 7.05 Å². The van der Waals surface area contributed by atoms with Crippen LogP contribution in [0.3, 0.4) is 0 Å². The average Bonchev–Trinajstić information content (AvgIpc) is 3.39. The van der Waals surface area contributed by atoms with E-state index >= 15 is 0 Å². The van der Waals surface area contributed by atoms with Crippen LogP contribution < -0.4 is 5.56 Å². The molecule has 0 aliphatic heterocycles. The van der Waals surface area contributed by atoms with Crippen molar-refractivity contribution in [2.75, 3.05) is 5.75 Å². The van der Waals surface area contributed by atoms with Crippen LogP contribution >= 0.6 is 11.8 Å². The maximum atomic E-state index is 13.1. The molecule has 0 atom stereocenters. The van der Waals surface area contributed by atoms with Crippen LogP contribution in [0.25, 0.3) is 11.4 Å². The van der Waals surface area contributed by atoms with Gasteiger partial charge in [0, 0.05) is 12.8 Å². The van der Waals surface area contributed by atoms with E-state index in [2.05, 4.69) is 31.1 Å². The molecule has 0 aliphatic carbocycles. The maximum absolute atomic E-state index is 13.1. The molecule has 0 saturated carbocycles. The summed E-state index contributed by atoms with van der Waals surface area (Å²) >= 11 is 1.43. The van der Waals surface area contributed by atoms with E-state index in [0.29, 0.717) is 23.1 Å². The molecule has 0 amide bonds. The van der Waals surface area contributed by atoms with E-state index < -0.39 is 0 Å². The summed E-state index contributed by atoms with van der Waals surface area (Å²) in [6, 6.07) is 9.45. The van der Waals surface area contributed by atoms with Crippen molar-refractivity contribution in [1.29, 1.82) is 0 Å². The second kappa shape index (κ2) is 7.15. The van der Waals surface area contributed by atoms with Crippen LogP contribution in [0, 0.1) is 6.92 Å². The number of aromatic nitrogens is 10. The second-order valence-corrected chi connectivity index (χ2v) is 6.77. The first-order valence-electron chi connectivity index (χ1n) is 8.13. The van der Waals surface area contributed by atoms with Crippen molar-refractivity contribution in [3.8, 4) is 11.4 Å². The Balaban J connectivity index is 1.67. The van der Waals surface area contributed by atoms with Crippen molar-refractivity contribution in [3.05, 3.63) is 52.7 Å². The lowest BCUT2D eigenvalue weighted by Gasteiger charge is -2.07. The molecule has 3 heterocycles. The molecule has 1 aromatic carbocycles. The molecule has 0 saturated heterocycles. The van der Waals surface area contributed by atoms with Crippen molar-refractivity contribution in [1.82, 2.24) is 49.8 Å². The highest BCUT2D eigenvalue weighted by atomic mass is 32.2. The third-order valence-corrected chi connectivity index (χ3v) is 5.02. The van der Waals surface area contributed by atoms with Gasteiger partial charge in [-0.3, -0.25) is 9.48 Å². The third kappa shape index (κ3) is 3.14. The van der Waals surface area contributed by atoms with Gasteiger partial charge in [-0.15, -0.1) is 10.2 Å². The zero-order valence-electron chi connectivity index (χ0n) is 14.7. The Morgan fingerprint density at radius 2 is 1.93 bits per heavy atom. The molecule has 4 aromatic rings. The lowest BCUT2D eigenvalue weighted by Crippen LogP contribution is -2.22. The SMILES string of the molecule is Cc1c(-n2nnnc2SCCn2cnnn2)c(=O)n(-c2ccccc2)n1C. The van der Waals surface area contributed by atoms with Crippen LogP contribution in [-0.2, 0) is 13.6 Å². The molecule has 0 radical (unpaired) electrons. The van der Waals surface area contributed by atoms with Crippen molar-refractivity contribution in [3.63, 3.8) is 0 Å². The first-order chi connectivity index (χ1) is 13.2. The van der Waals surface area contributed by atoms with Crippen molar-refractivity contribution < 1.29 is 0 Å². The summed E-state index contributed by atoms with van der Waals surface area (Å²) < 4.78 is 6.50. The molecule has 0 aliphatic rings. The predicted molar refractivity (Wildman–Crippen MR) is 97.0 cm³/mol. The number of benzene rings is 1. The van der Waals surface area contributed by atoms with Gasteiger partial charge in [-0.2, -0.15) is 4.68 Å². The van der Waals surface area contributed by atoms with E-state index in [1.165, 1.54) is 16.4 Å². The van der Waals surface area contributed by atoms with Gasteiger partial charge < -0.3 is 0 Å². The molecule has 0 bridgehead atoms. The summed E-state index contributed by atoms with van der Waals surface area (Å²) in [5, 5.41) is 23.4. The zero-order valence-corrected chi connectivity index (χ0v) is 15.5. The molecule has 138 valence electrons. The zero-order chi connectivity index (χ0) is 18.8. The molecule has 0 unspecified atom stereocenters. The van der Waals surface area contributed by atoms with Gasteiger partial charge in [0.1, 0.15) is 6.33 Å². The summed E-state index contributed by atoms with van der Waals surface area (Å²) in [4.78, 5) is 13.1. The van der Waals surface area contributed by atoms with E-state index in [-0.39, 0.29) is 5.56 Å². The third-order valence-electron chi connectivity index (χ3n) is 4.12. The minimum absolute atomic E-state index is 0.184. The molecule has 0 fully saturated rings. The van der Waals surface area contributed by atoms with Gasteiger partial charge in [0.15, 0.2) is 5.69 Å². The predicted octanol–water partition coefficient (Wildman–Crippen LogP) is 0.239. The van der Waals surface area contributed by atoms with Gasteiger partial charge in [0.05, 0.1) is 17.9 Å². The lowest BCUT2D eigenvalue weighted by atomic mass is 10.3. The normalized spacial score (nSPS) is 11.2. The fraction of sp³-hybridized carbons (Fsp3) is 0.267. The van der Waals surface area contributed by atoms with Crippen LogP contribution in [-0.4, -0.2) is 55.5 Å². The number of hydrogen-bond acceptors (Lipinski definition) is 8. The monoisotopic (exact) mass is 384 g/mol. The number of aryl methyl sites for hydroxylation is 1. The Labute approximate surface area is 157 Å². The number of hydrogen-bond donors (Lipinski definition) is 0. The van der Waals surface area contributed by atoms with E-state index in [0.717, 1.165) is 11.4 Å². The largest absolute Gasteiger partial charge is 0.297 e. The molecule has 0 N–H and O–H groups in total. The highest BCUT2D eigenvalue weighted by Crippen LogP contribution is 2.20. The first-order valence-corrected chi connectivity index (χ1v) is 9.11. The molecule has 3 aromatic heterocycles. The number of rotatable bonds is 6. The minimum atomic E-state index is -0.184. The fourth-order valence-electron chi connectivity index (χ4n) is 2.72. The van der Waals surface area contributed by atoms with Crippen LogP contribution in [0.1, 0.15) is 5.69 Å². The highest BCUT2D eigenvalue weighted by Gasteiger charge is 2.21. The average molecular weight is 384 g/mol. The number of nitrogens with zero attached hydrogens (tertiary/aromatic N) is 10. The number of thioether (sulfide) groups is 1.